The van der Waals surface area contributed by atoms with Crippen LogP contribution in [0.25, 0.3) is 0 Å². The summed E-state index contributed by atoms with van der Waals surface area (Å²) >= 11 is 0.157. The van der Waals surface area contributed by atoms with Gasteiger partial charge in [-0.2, -0.15) is 17.6 Å². The van der Waals surface area contributed by atoms with Crippen LogP contribution < -0.4 is 10.1 Å². The highest BCUT2D eigenvalue weighted by molar-refractivity contribution is 7.99. The molecular weight excluding hydrogens is 348 g/mol. The Labute approximate surface area is 139 Å². The zero-order valence-electron chi connectivity index (χ0n) is 12.1. The summed E-state index contributed by atoms with van der Waals surface area (Å²) in [4.78, 5) is 15.9. The number of rotatable bonds is 7. The zero-order valence-corrected chi connectivity index (χ0v) is 12.9. The van der Waals surface area contributed by atoms with E-state index in [4.69, 9.17) is 0 Å². The molecule has 1 aromatic heterocycles. The highest BCUT2D eigenvalue weighted by Crippen LogP contribution is 2.26. The second-order valence-corrected chi connectivity index (χ2v) is 5.38. The van der Waals surface area contributed by atoms with Crippen LogP contribution in [0.5, 0.6) is 5.75 Å². The number of thioether (sulfide) groups is 1. The fraction of sp³-hybridized carbons (Fsp3) is 0.200. The van der Waals surface area contributed by atoms with E-state index in [0.29, 0.717) is 5.56 Å². The molecule has 1 aromatic carbocycles. The molecule has 0 radical (unpaired) electrons. The van der Waals surface area contributed by atoms with Crippen LogP contribution >= 0.6 is 11.8 Å². The summed E-state index contributed by atoms with van der Waals surface area (Å²) in [5.41, 5.74) is 0.313. The van der Waals surface area contributed by atoms with Crippen molar-refractivity contribution in [3.05, 3.63) is 53.7 Å². The lowest BCUT2D eigenvalue weighted by atomic mass is 10.2. The van der Waals surface area contributed by atoms with Crippen molar-refractivity contribution in [3.63, 3.8) is 0 Å². The maximum atomic E-state index is 12.5. The van der Waals surface area contributed by atoms with Crippen LogP contribution in [-0.2, 0) is 6.54 Å². The number of amides is 1. The Bertz CT molecular complexity index is 701. The topological polar surface area (TPSA) is 51.2 Å². The average molecular weight is 360 g/mol. The molecule has 0 aliphatic carbocycles. The number of para-hydroxylation sites is 1. The van der Waals surface area contributed by atoms with E-state index < -0.39 is 18.3 Å². The summed E-state index contributed by atoms with van der Waals surface area (Å²) < 4.78 is 54.0. The van der Waals surface area contributed by atoms with Crippen molar-refractivity contribution in [1.82, 2.24) is 10.3 Å². The minimum atomic E-state index is -2.99. The summed E-state index contributed by atoms with van der Waals surface area (Å²) in [6.07, 6.45) is 1.30. The molecule has 2 aromatic rings. The number of hydrogen-bond donors (Lipinski definition) is 1. The Balaban J connectivity index is 2.09. The molecule has 1 heterocycles. The third-order valence-electron chi connectivity index (χ3n) is 2.84. The molecule has 0 spiro atoms. The molecule has 0 bridgehead atoms. The number of hydrogen-bond acceptors (Lipinski definition) is 4. The number of nitrogens with one attached hydrogen (secondary N) is 1. The molecule has 1 amide bonds. The largest absolute Gasteiger partial charge is 0.434 e. The zero-order chi connectivity index (χ0) is 17.5. The first-order valence-corrected chi connectivity index (χ1v) is 7.56. The Morgan fingerprint density at radius 1 is 1.17 bits per heavy atom. The summed E-state index contributed by atoms with van der Waals surface area (Å²) in [5.74, 6) is -3.43. The van der Waals surface area contributed by atoms with Crippen molar-refractivity contribution in [1.29, 1.82) is 0 Å². The third-order valence-corrected chi connectivity index (χ3v) is 3.57. The van der Waals surface area contributed by atoms with Gasteiger partial charge in [-0.15, -0.1) is 0 Å². The number of pyridine rings is 1. The van der Waals surface area contributed by atoms with E-state index in [2.05, 4.69) is 15.0 Å². The van der Waals surface area contributed by atoms with Gasteiger partial charge in [0, 0.05) is 18.3 Å². The summed E-state index contributed by atoms with van der Waals surface area (Å²) in [7, 11) is 0. The van der Waals surface area contributed by atoms with E-state index >= 15 is 0 Å². The first-order valence-electron chi connectivity index (χ1n) is 6.68. The van der Waals surface area contributed by atoms with Crippen molar-refractivity contribution in [2.24, 2.45) is 0 Å². The van der Waals surface area contributed by atoms with Crippen molar-refractivity contribution in [2.45, 2.75) is 23.9 Å². The van der Waals surface area contributed by atoms with E-state index in [-0.39, 0.29) is 34.6 Å². The van der Waals surface area contributed by atoms with Gasteiger partial charge >= 0.3 is 6.61 Å². The van der Waals surface area contributed by atoms with Crippen LogP contribution in [0.1, 0.15) is 15.9 Å². The third kappa shape index (κ3) is 5.12. The average Bonchev–Trinajstić information content (AvgIpc) is 2.53. The van der Waals surface area contributed by atoms with Gasteiger partial charge in [-0.3, -0.25) is 4.79 Å². The Hall–Kier alpha value is -2.29. The second-order valence-electron chi connectivity index (χ2n) is 4.40. The van der Waals surface area contributed by atoms with Gasteiger partial charge in [0.2, 0.25) is 0 Å². The SMILES string of the molecule is O=C(NCc1ccccc1OC(F)F)c1cccnc1SC(F)F. The normalized spacial score (nSPS) is 10.9. The van der Waals surface area contributed by atoms with Gasteiger partial charge in [0.15, 0.2) is 0 Å². The summed E-state index contributed by atoms with van der Waals surface area (Å²) in [6, 6.07) is 8.77. The van der Waals surface area contributed by atoms with Gasteiger partial charge in [-0.25, -0.2) is 4.98 Å². The molecule has 0 aliphatic heterocycles. The first-order chi connectivity index (χ1) is 11.5. The number of halogens is 4. The molecule has 128 valence electrons. The molecular formula is C15H12F4N2O2S. The van der Waals surface area contributed by atoms with E-state index in [1.807, 2.05) is 0 Å². The lowest BCUT2D eigenvalue weighted by Crippen LogP contribution is -2.24. The van der Waals surface area contributed by atoms with Gasteiger partial charge in [0.1, 0.15) is 10.8 Å². The molecule has 24 heavy (non-hydrogen) atoms. The predicted molar refractivity (Wildman–Crippen MR) is 80.3 cm³/mol. The minimum absolute atomic E-state index is 0.0185. The number of benzene rings is 1. The van der Waals surface area contributed by atoms with Crippen LogP contribution in [0.4, 0.5) is 17.6 Å². The second kappa shape index (κ2) is 8.53. The number of carbonyl (C=O) groups excluding carboxylic acids is 1. The molecule has 0 atom stereocenters. The molecule has 0 unspecified atom stereocenters. The number of carbonyl (C=O) groups is 1. The van der Waals surface area contributed by atoms with Crippen LogP contribution in [0.3, 0.4) is 0 Å². The molecule has 0 fully saturated rings. The van der Waals surface area contributed by atoms with Crippen LogP contribution in [-0.4, -0.2) is 23.3 Å². The standard InChI is InChI=1S/C15H12F4N2O2S/c16-14(17)23-11-6-2-1-4-9(11)8-21-12(22)10-5-3-7-20-13(10)24-15(18)19/h1-7,14-15H,8H2,(H,21,22). The van der Waals surface area contributed by atoms with Gasteiger partial charge in [-0.1, -0.05) is 18.2 Å². The Kier molecular flexibility index (Phi) is 6.42. The molecule has 1 N–H and O–H groups in total. The number of nitrogens with zero attached hydrogens (tertiary/aromatic N) is 1. The summed E-state index contributed by atoms with van der Waals surface area (Å²) in [6.45, 7) is -3.09. The van der Waals surface area contributed by atoms with Gasteiger partial charge in [0.05, 0.1) is 5.56 Å². The van der Waals surface area contributed by atoms with Gasteiger partial charge < -0.3 is 10.1 Å². The van der Waals surface area contributed by atoms with Crippen LogP contribution in [0, 0.1) is 0 Å². The fourth-order valence-electron chi connectivity index (χ4n) is 1.87. The van der Waals surface area contributed by atoms with E-state index in [9.17, 15) is 22.4 Å². The van der Waals surface area contributed by atoms with Crippen molar-refractivity contribution >= 4 is 17.7 Å². The molecule has 0 aliphatic rings. The van der Waals surface area contributed by atoms with Crippen molar-refractivity contribution in [2.75, 3.05) is 0 Å². The number of aromatic nitrogens is 1. The lowest BCUT2D eigenvalue weighted by Gasteiger charge is -2.12. The van der Waals surface area contributed by atoms with Gasteiger partial charge in [0.25, 0.3) is 11.7 Å². The lowest BCUT2D eigenvalue weighted by molar-refractivity contribution is -0.0504. The van der Waals surface area contributed by atoms with Crippen LogP contribution in [0.15, 0.2) is 47.6 Å². The molecule has 9 heteroatoms. The molecule has 4 nitrogen and oxygen atoms in total. The smallest absolute Gasteiger partial charge is 0.387 e. The first kappa shape index (κ1) is 18.1. The predicted octanol–water partition coefficient (Wildman–Crippen LogP) is 3.93. The highest BCUT2D eigenvalue weighted by Gasteiger charge is 2.17. The molecule has 2 rings (SSSR count). The van der Waals surface area contributed by atoms with E-state index in [1.54, 1.807) is 6.07 Å². The monoisotopic (exact) mass is 360 g/mol. The Morgan fingerprint density at radius 3 is 2.62 bits per heavy atom. The Morgan fingerprint density at radius 2 is 1.92 bits per heavy atom. The quantitative estimate of drug-likeness (QED) is 0.601. The van der Waals surface area contributed by atoms with Crippen molar-refractivity contribution in [3.8, 4) is 5.75 Å². The van der Waals surface area contributed by atoms with Crippen LogP contribution in [0.2, 0.25) is 0 Å². The maximum Gasteiger partial charge on any atom is 0.387 e. The highest BCUT2D eigenvalue weighted by atomic mass is 32.2. The summed E-state index contributed by atoms with van der Waals surface area (Å²) in [5, 5.41) is 2.37. The minimum Gasteiger partial charge on any atom is -0.434 e. The van der Waals surface area contributed by atoms with Crippen molar-refractivity contribution < 1.29 is 27.1 Å². The van der Waals surface area contributed by atoms with E-state index in [1.165, 1.54) is 36.5 Å². The molecule has 0 saturated heterocycles. The number of alkyl halides is 4. The fourth-order valence-corrected chi connectivity index (χ4v) is 2.45. The number of ether oxygens (including phenoxy) is 1. The van der Waals surface area contributed by atoms with Gasteiger partial charge in [-0.05, 0) is 30.0 Å². The van der Waals surface area contributed by atoms with E-state index in [0.717, 1.165) is 0 Å². The molecule has 0 saturated carbocycles. The maximum absolute atomic E-state index is 12.5.